The van der Waals surface area contributed by atoms with Crippen molar-refractivity contribution >= 4 is 6.29 Å². The molecule has 0 spiro atoms. The van der Waals surface area contributed by atoms with E-state index in [4.69, 9.17) is 4.74 Å². The number of nitrogens with zero attached hydrogens (tertiary/aromatic N) is 1. The highest BCUT2D eigenvalue weighted by Crippen LogP contribution is 2.29. The van der Waals surface area contributed by atoms with Gasteiger partial charge in [-0.25, -0.2) is 4.98 Å². The van der Waals surface area contributed by atoms with E-state index < -0.39 is 0 Å². The fourth-order valence-electron chi connectivity index (χ4n) is 1.87. The number of carbonyl (C=O) groups excluding carboxylic acids is 1. The van der Waals surface area contributed by atoms with Crippen molar-refractivity contribution in [1.29, 1.82) is 0 Å². The molecule has 88 valence electrons. The molecule has 0 fully saturated rings. The van der Waals surface area contributed by atoms with E-state index in [9.17, 15) is 4.79 Å². The normalized spacial score (nSPS) is 10.3. The summed E-state index contributed by atoms with van der Waals surface area (Å²) >= 11 is 0. The van der Waals surface area contributed by atoms with Crippen LogP contribution in [-0.2, 0) is 0 Å². The largest absolute Gasteiger partial charge is 0.496 e. The van der Waals surface area contributed by atoms with Crippen molar-refractivity contribution in [3.8, 4) is 17.0 Å². The maximum absolute atomic E-state index is 10.9. The summed E-state index contributed by atoms with van der Waals surface area (Å²) in [6.07, 6.45) is 2.30. The lowest BCUT2D eigenvalue weighted by atomic mass is 10.0. The number of aldehydes is 1. The van der Waals surface area contributed by atoms with Gasteiger partial charge in [-0.15, -0.1) is 0 Å². The van der Waals surface area contributed by atoms with Gasteiger partial charge in [-0.05, 0) is 37.1 Å². The van der Waals surface area contributed by atoms with E-state index in [0.717, 1.165) is 28.7 Å². The van der Waals surface area contributed by atoms with Crippen molar-refractivity contribution in [1.82, 2.24) is 9.97 Å². The Labute approximate surface area is 99.7 Å². The fourth-order valence-corrected chi connectivity index (χ4v) is 1.87. The van der Waals surface area contributed by atoms with Gasteiger partial charge in [-0.2, -0.15) is 0 Å². The second-order valence-corrected chi connectivity index (χ2v) is 3.92. The number of hydrogen-bond acceptors (Lipinski definition) is 3. The highest BCUT2D eigenvalue weighted by molar-refractivity contribution is 5.84. The molecule has 17 heavy (non-hydrogen) atoms. The van der Waals surface area contributed by atoms with Crippen molar-refractivity contribution in [2.75, 3.05) is 7.11 Å². The molecule has 0 bridgehead atoms. The molecule has 0 aliphatic carbocycles. The first-order valence-electron chi connectivity index (χ1n) is 5.31. The first kappa shape index (κ1) is 11.4. The molecule has 2 rings (SSSR count). The summed E-state index contributed by atoms with van der Waals surface area (Å²) in [5.41, 5.74) is 4.18. The number of nitrogens with one attached hydrogen (secondary N) is 1. The van der Waals surface area contributed by atoms with Gasteiger partial charge < -0.3 is 9.72 Å². The number of aryl methyl sites for hydroxylation is 2. The van der Waals surface area contributed by atoms with Crippen LogP contribution in [0.3, 0.4) is 0 Å². The highest BCUT2D eigenvalue weighted by Gasteiger charge is 2.12. The van der Waals surface area contributed by atoms with Crippen molar-refractivity contribution in [2.45, 2.75) is 13.8 Å². The van der Waals surface area contributed by atoms with Crippen LogP contribution in [-0.4, -0.2) is 23.4 Å². The Morgan fingerprint density at radius 1 is 1.29 bits per heavy atom. The molecule has 0 aliphatic heterocycles. The van der Waals surface area contributed by atoms with Gasteiger partial charge in [-0.1, -0.05) is 0 Å². The third-order valence-electron chi connectivity index (χ3n) is 2.78. The van der Waals surface area contributed by atoms with Gasteiger partial charge in [0.05, 0.1) is 19.1 Å². The summed E-state index contributed by atoms with van der Waals surface area (Å²) in [6.45, 7) is 3.94. The Balaban J connectivity index is 2.60. The predicted octanol–water partition coefficient (Wildman–Crippen LogP) is 2.51. The van der Waals surface area contributed by atoms with Crippen molar-refractivity contribution in [3.05, 3.63) is 35.3 Å². The molecule has 0 atom stereocenters. The molecule has 1 N–H and O–H groups in total. The summed E-state index contributed by atoms with van der Waals surface area (Å²) in [6, 6.07) is 3.94. The summed E-state index contributed by atoms with van der Waals surface area (Å²) in [5, 5.41) is 0. The van der Waals surface area contributed by atoms with Gasteiger partial charge in [-0.3, -0.25) is 4.79 Å². The van der Waals surface area contributed by atoms with E-state index >= 15 is 0 Å². The van der Waals surface area contributed by atoms with E-state index in [1.54, 1.807) is 7.11 Å². The third-order valence-corrected chi connectivity index (χ3v) is 2.78. The first-order chi connectivity index (χ1) is 8.17. The van der Waals surface area contributed by atoms with Crippen LogP contribution in [0.4, 0.5) is 0 Å². The molecular formula is C13H14N2O2. The third kappa shape index (κ3) is 1.93. The Morgan fingerprint density at radius 2 is 2.06 bits per heavy atom. The van der Waals surface area contributed by atoms with Gasteiger partial charge >= 0.3 is 0 Å². The molecular weight excluding hydrogens is 216 g/mol. The van der Waals surface area contributed by atoms with Crippen molar-refractivity contribution in [3.63, 3.8) is 0 Å². The summed E-state index contributed by atoms with van der Waals surface area (Å²) in [5.74, 6) is 0.842. The zero-order valence-corrected chi connectivity index (χ0v) is 10.1. The van der Waals surface area contributed by atoms with Gasteiger partial charge in [0, 0.05) is 5.56 Å². The van der Waals surface area contributed by atoms with Crippen LogP contribution in [0.1, 0.15) is 21.6 Å². The average Bonchev–Trinajstić information content (AvgIpc) is 2.79. The van der Waals surface area contributed by atoms with E-state index in [2.05, 4.69) is 9.97 Å². The molecule has 1 aromatic heterocycles. The van der Waals surface area contributed by atoms with Crippen LogP contribution < -0.4 is 4.74 Å². The number of H-pyrrole nitrogens is 1. The van der Waals surface area contributed by atoms with Gasteiger partial charge in [0.2, 0.25) is 0 Å². The lowest BCUT2D eigenvalue weighted by Gasteiger charge is -2.10. The Bertz CT molecular complexity index is 559. The smallest absolute Gasteiger partial charge is 0.168 e. The van der Waals surface area contributed by atoms with Crippen LogP contribution in [0.5, 0.6) is 5.75 Å². The van der Waals surface area contributed by atoms with Crippen molar-refractivity contribution < 1.29 is 9.53 Å². The topological polar surface area (TPSA) is 55.0 Å². The second kappa shape index (κ2) is 4.41. The van der Waals surface area contributed by atoms with E-state index in [1.807, 2.05) is 26.0 Å². The van der Waals surface area contributed by atoms with Crippen molar-refractivity contribution in [2.24, 2.45) is 0 Å². The van der Waals surface area contributed by atoms with E-state index in [0.29, 0.717) is 11.4 Å². The maximum atomic E-state index is 10.9. The molecule has 0 saturated heterocycles. The zero-order chi connectivity index (χ0) is 12.4. The average molecular weight is 230 g/mol. The fraction of sp³-hybridized carbons (Fsp3) is 0.231. The number of aromatic nitrogens is 2. The number of methoxy groups -OCH3 is 1. The Kier molecular flexibility index (Phi) is 2.95. The molecule has 0 aliphatic rings. The molecule has 4 heteroatoms. The minimum atomic E-state index is 0.498. The number of hydrogen-bond donors (Lipinski definition) is 1. The quantitative estimate of drug-likeness (QED) is 0.824. The van der Waals surface area contributed by atoms with Gasteiger partial charge in [0.25, 0.3) is 0 Å². The lowest BCUT2D eigenvalue weighted by Crippen LogP contribution is -1.93. The van der Waals surface area contributed by atoms with Crippen LogP contribution in [0, 0.1) is 13.8 Å². The number of aromatic amines is 1. The monoisotopic (exact) mass is 230 g/mol. The standard InChI is InChI=1S/C13H14N2O2/c1-8-5-12(17-3)9(2)4-10(8)13-11(6-16)14-7-15-13/h4-7H,1-3H3,(H,14,15). The maximum Gasteiger partial charge on any atom is 0.168 e. The van der Waals surface area contributed by atoms with Gasteiger partial charge in [0.1, 0.15) is 11.4 Å². The van der Waals surface area contributed by atoms with Gasteiger partial charge in [0.15, 0.2) is 6.29 Å². The molecule has 0 saturated carbocycles. The first-order valence-corrected chi connectivity index (χ1v) is 5.31. The van der Waals surface area contributed by atoms with Crippen LogP contribution in [0.25, 0.3) is 11.3 Å². The summed E-state index contributed by atoms with van der Waals surface area (Å²) in [4.78, 5) is 17.9. The number of benzene rings is 1. The Morgan fingerprint density at radius 3 is 2.71 bits per heavy atom. The number of ether oxygens (including phenoxy) is 1. The highest BCUT2D eigenvalue weighted by atomic mass is 16.5. The number of carbonyl (C=O) groups is 1. The molecule has 0 amide bonds. The zero-order valence-electron chi connectivity index (χ0n) is 10.1. The van der Waals surface area contributed by atoms with E-state index in [1.165, 1.54) is 6.33 Å². The molecule has 1 aromatic carbocycles. The predicted molar refractivity (Wildman–Crippen MR) is 65.4 cm³/mol. The van der Waals surface area contributed by atoms with E-state index in [-0.39, 0.29) is 0 Å². The molecule has 0 unspecified atom stereocenters. The number of imidazole rings is 1. The molecule has 2 aromatic rings. The SMILES string of the molecule is COc1cc(C)c(-c2nc[nH]c2C=O)cc1C. The summed E-state index contributed by atoms with van der Waals surface area (Å²) in [7, 11) is 1.65. The second-order valence-electron chi connectivity index (χ2n) is 3.92. The molecule has 4 nitrogen and oxygen atoms in total. The lowest BCUT2D eigenvalue weighted by molar-refractivity contribution is 0.112. The van der Waals surface area contributed by atoms with Crippen LogP contribution in [0.15, 0.2) is 18.5 Å². The van der Waals surface area contributed by atoms with Crippen LogP contribution in [0.2, 0.25) is 0 Å². The number of rotatable bonds is 3. The Hall–Kier alpha value is -2.10. The minimum absolute atomic E-state index is 0.498. The summed E-state index contributed by atoms with van der Waals surface area (Å²) < 4.78 is 5.26. The molecule has 0 radical (unpaired) electrons. The molecule has 1 heterocycles. The minimum Gasteiger partial charge on any atom is -0.496 e. The van der Waals surface area contributed by atoms with Crippen LogP contribution >= 0.6 is 0 Å².